The average molecular weight is 400 g/mol. The number of hydrogen-bond acceptors (Lipinski definition) is 5. The number of carbonyl (C=O) groups is 1. The second-order valence-electron chi connectivity index (χ2n) is 6.75. The Morgan fingerprint density at radius 1 is 1.07 bits per heavy atom. The fourth-order valence-electron chi connectivity index (χ4n) is 3.56. The summed E-state index contributed by atoms with van der Waals surface area (Å²) in [5.41, 5.74) is 4.41. The number of hydrogen-bond donors (Lipinski definition) is 0. The Kier molecular flexibility index (Phi) is 5.89. The highest BCUT2D eigenvalue weighted by Gasteiger charge is 2.23. The smallest absolute Gasteiger partial charge is 0.338 e. The van der Waals surface area contributed by atoms with Gasteiger partial charge in [0.25, 0.3) is 0 Å². The summed E-state index contributed by atoms with van der Waals surface area (Å²) in [6.07, 6.45) is 3.84. The molecule has 0 spiro atoms. The van der Waals surface area contributed by atoms with E-state index in [9.17, 15) is 13.2 Å². The summed E-state index contributed by atoms with van der Waals surface area (Å²) >= 11 is 0. The Bertz CT molecular complexity index is 1030. The quantitative estimate of drug-likeness (QED) is 0.674. The standard InChI is InChI=1S/C22H24O5S/c1-4-27-22(23)16-8-5-7-15(13-16)18-9-6-10-19(18)20-14-17(28(3,24)25)11-12-21(20)26-2/h5,7-8,11-14H,4,6,9-10H2,1-3H3. The fourth-order valence-corrected chi connectivity index (χ4v) is 4.21. The highest BCUT2D eigenvalue weighted by molar-refractivity contribution is 7.90. The van der Waals surface area contributed by atoms with Crippen LogP contribution in [-0.4, -0.2) is 34.4 Å². The molecule has 148 valence electrons. The zero-order valence-electron chi connectivity index (χ0n) is 16.3. The van der Waals surface area contributed by atoms with E-state index in [4.69, 9.17) is 9.47 Å². The van der Waals surface area contributed by atoms with Crippen LogP contribution in [0.1, 0.15) is 47.7 Å². The van der Waals surface area contributed by atoms with Crippen molar-refractivity contribution in [3.8, 4) is 5.75 Å². The van der Waals surface area contributed by atoms with E-state index in [2.05, 4.69) is 0 Å². The number of esters is 1. The molecule has 1 aliphatic carbocycles. The summed E-state index contributed by atoms with van der Waals surface area (Å²) in [5, 5.41) is 0. The summed E-state index contributed by atoms with van der Waals surface area (Å²) in [7, 11) is -1.75. The maximum atomic E-state index is 12.1. The fraction of sp³-hybridized carbons (Fsp3) is 0.318. The van der Waals surface area contributed by atoms with Crippen molar-refractivity contribution >= 4 is 27.0 Å². The third kappa shape index (κ3) is 4.12. The molecule has 0 atom stereocenters. The van der Waals surface area contributed by atoms with Crippen LogP contribution in [0.25, 0.3) is 11.1 Å². The molecule has 0 unspecified atom stereocenters. The van der Waals surface area contributed by atoms with Crippen LogP contribution in [0.15, 0.2) is 47.4 Å². The Morgan fingerprint density at radius 2 is 1.82 bits per heavy atom. The maximum absolute atomic E-state index is 12.1. The van der Waals surface area contributed by atoms with Gasteiger partial charge in [-0.3, -0.25) is 0 Å². The molecule has 0 bridgehead atoms. The van der Waals surface area contributed by atoms with Gasteiger partial charge in [-0.15, -0.1) is 0 Å². The number of sulfone groups is 1. The van der Waals surface area contributed by atoms with E-state index in [0.29, 0.717) is 17.9 Å². The van der Waals surface area contributed by atoms with E-state index in [1.807, 2.05) is 18.2 Å². The lowest BCUT2D eigenvalue weighted by Gasteiger charge is -2.14. The minimum atomic E-state index is -3.33. The van der Waals surface area contributed by atoms with Crippen LogP contribution in [0.4, 0.5) is 0 Å². The molecule has 6 heteroatoms. The highest BCUT2D eigenvalue weighted by Crippen LogP contribution is 2.43. The van der Waals surface area contributed by atoms with Gasteiger partial charge in [0.15, 0.2) is 9.84 Å². The molecule has 0 fully saturated rings. The third-order valence-corrected chi connectivity index (χ3v) is 5.97. The average Bonchev–Trinajstić information content (AvgIpc) is 3.16. The molecule has 0 saturated carbocycles. The molecule has 3 rings (SSSR count). The molecule has 0 radical (unpaired) electrons. The van der Waals surface area contributed by atoms with Crippen molar-refractivity contribution in [1.82, 2.24) is 0 Å². The highest BCUT2D eigenvalue weighted by atomic mass is 32.2. The van der Waals surface area contributed by atoms with Gasteiger partial charge in [-0.05, 0) is 73.2 Å². The van der Waals surface area contributed by atoms with Gasteiger partial charge in [-0.1, -0.05) is 12.1 Å². The van der Waals surface area contributed by atoms with Crippen LogP contribution in [0.5, 0.6) is 5.75 Å². The number of rotatable bonds is 6. The van der Waals surface area contributed by atoms with Gasteiger partial charge >= 0.3 is 5.97 Å². The van der Waals surface area contributed by atoms with Gasteiger partial charge in [0, 0.05) is 11.8 Å². The SMILES string of the molecule is CCOC(=O)c1cccc(C2=C(c3cc(S(C)(=O)=O)ccc3OC)CCC2)c1. The molecule has 1 aliphatic rings. The van der Waals surface area contributed by atoms with E-state index in [0.717, 1.165) is 41.5 Å². The summed E-state index contributed by atoms with van der Waals surface area (Å²) < 4.78 is 34.7. The molecule has 0 heterocycles. The van der Waals surface area contributed by atoms with E-state index in [1.165, 1.54) is 6.26 Å². The second kappa shape index (κ2) is 8.19. The molecule has 5 nitrogen and oxygen atoms in total. The first kappa shape index (κ1) is 20.1. The van der Waals surface area contributed by atoms with Crippen molar-refractivity contribution in [3.05, 3.63) is 59.2 Å². The maximum Gasteiger partial charge on any atom is 0.338 e. The molecular weight excluding hydrogens is 376 g/mol. The van der Waals surface area contributed by atoms with Crippen LogP contribution in [-0.2, 0) is 14.6 Å². The van der Waals surface area contributed by atoms with Gasteiger partial charge < -0.3 is 9.47 Å². The van der Waals surface area contributed by atoms with Crippen LogP contribution >= 0.6 is 0 Å². The molecular formula is C22H24O5S. The normalized spacial score (nSPS) is 14.2. The molecule has 28 heavy (non-hydrogen) atoms. The summed E-state index contributed by atoms with van der Waals surface area (Å²) in [6.45, 7) is 2.10. The Hall–Kier alpha value is -2.60. The predicted octanol–water partition coefficient (Wildman–Crippen LogP) is 4.37. The van der Waals surface area contributed by atoms with E-state index in [-0.39, 0.29) is 10.9 Å². The monoisotopic (exact) mass is 400 g/mol. The molecule has 0 aliphatic heterocycles. The number of ether oxygens (including phenoxy) is 2. The third-order valence-electron chi connectivity index (χ3n) is 4.86. The first-order chi connectivity index (χ1) is 13.3. The van der Waals surface area contributed by atoms with Gasteiger partial charge in [-0.2, -0.15) is 0 Å². The van der Waals surface area contributed by atoms with Crippen molar-refractivity contribution in [2.24, 2.45) is 0 Å². The topological polar surface area (TPSA) is 69.7 Å². The van der Waals surface area contributed by atoms with Crippen molar-refractivity contribution in [1.29, 1.82) is 0 Å². The first-order valence-electron chi connectivity index (χ1n) is 9.23. The van der Waals surface area contributed by atoms with Crippen LogP contribution in [0.3, 0.4) is 0 Å². The summed E-state index contributed by atoms with van der Waals surface area (Å²) in [6, 6.07) is 12.3. The zero-order chi connectivity index (χ0) is 20.3. The Labute approximate surface area is 165 Å². The van der Waals surface area contributed by atoms with E-state index < -0.39 is 9.84 Å². The number of allylic oxidation sites excluding steroid dienone is 2. The number of methoxy groups -OCH3 is 1. The Balaban J connectivity index is 2.13. The molecule has 2 aromatic rings. The zero-order valence-corrected chi connectivity index (χ0v) is 17.1. The van der Waals surface area contributed by atoms with Crippen molar-refractivity contribution in [3.63, 3.8) is 0 Å². The Morgan fingerprint density at radius 3 is 2.50 bits per heavy atom. The van der Waals surface area contributed by atoms with Crippen LogP contribution in [0.2, 0.25) is 0 Å². The van der Waals surface area contributed by atoms with Gasteiger partial charge in [0.05, 0.1) is 24.2 Å². The first-order valence-corrected chi connectivity index (χ1v) is 11.1. The largest absolute Gasteiger partial charge is 0.496 e. The van der Waals surface area contributed by atoms with E-state index in [1.54, 1.807) is 38.3 Å². The minimum Gasteiger partial charge on any atom is -0.496 e. The van der Waals surface area contributed by atoms with Crippen molar-refractivity contribution in [2.45, 2.75) is 31.1 Å². The van der Waals surface area contributed by atoms with Crippen LogP contribution < -0.4 is 4.74 Å². The minimum absolute atomic E-state index is 0.266. The van der Waals surface area contributed by atoms with Gasteiger partial charge in [0.1, 0.15) is 5.75 Å². The van der Waals surface area contributed by atoms with Gasteiger partial charge in [-0.25, -0.2) is 13.2 Å². The molecule has 0 aromatic heterocycles. The predicted molar refractivity (Wildman–Crippen MR) is 109 cm³/mol. The molecule has 0 N–H and O–H groups in total. The molecule has 0 saturated heterocycles. The summed E-state index contributed by atoms with van der Waals surface area (Å²) in [5.74, 6) is 0.296. The lowest BCUT2D eigenvalue weighted by molar-refractivity contribution is 0.0526. The summed E-state index contributed by atoms with van der Waals surface area (Å²) in [4.78, 5) is 12.4. The van der Waals surface area contributed by atoms with Crippen molar-refractivity contribution < 1.29 is 22.7 Å². The lowest BCUT2D eigenvalue weighted by atomic mass is 9.95. The lowest BCUT2D eigenvalue weighted by Crippen LogP contribution is -2.05. The van der Waals surface area contributed by atoms with Gasteiger partial charge in [0.2, 0.25) is 0 Å². The number of benzene rings is 2. The van der Waals surface area contributed by atoms with E-state index >= 15 is 0 Å². The molecule has 2 aromatic carbocycles. The molecule has 0 amide bonds. The van der Waals surface area contributed by atoms with Crippen LogP contribution in [0, 0.1) is 0 Å². The second-order valence-corrected chi connectivity index (χ2v) is 8.76. The van der Waals surface area contributed by atoms with Crippen molar-refractivity contribution in [2.75, 3.05) is 20.0 Å². The number of carbonyl (C=O) groups excluding carboxylic acids is 1.